The molecule has 0 saturated carbocycles. The number of nitrogens with two attached hydrogens (primary N) is 1. The Labute approximate surface area is 91.4 Å². The second-order valence-electron chi connectivity index (χ2n) is 4.37. The molecular weight excluding hydrogens is 186 g/mol. The molecule has 0 radical (unpaired) electrons. The summed E-state index contributed by atoms with van der Waals surface area (Å²) in [5.74, 6) is 0. The summed E-state index contributed by atoms with van der Waals surface area (Å²) >= 11 is 0. The Kier molecular flexibility index (Phi) is 4.06. The van der Waals surface area contributed by atoms with E-state index in [9.17, 15) is 5.11 Å². The molecule has 0 fully saturated rings. The van der Waals surface area contributed by atoms with Gasteiger partial charge in [-0.3, -0.25) is 0 Å². The van der Waals surface area contributed by atoms with Crippen LogP contribution in [-0.2, 0) is 6.42 Å². The lowest BCUT2D eigenvalue weighted by Gasteiger charge is -2.17. The van der Waals surface area contributed by atoms with E-state index in [-0.39, 0.29) is 0 Å². The molecule has 0 spiro atoms. The zero-order valence-electron chi connectivity index (χ0n) is 9.40. The van der Waals surface area contributed by atoms with Gasteiger partial charge in [0.15, 0.2) is 0 Å². The van der Waals surface area contributed by atoms with Crippen molar-refractivity contribution in [2.45, 2.75) is 25.9 Å². The molecule has 2 heteroatoms. The smallest absolute Gasteiger partial charge is 0.0631 e. The van der Waals surface area contributed by atoms with E-state index >= 15 is 0 Å². The molecule has 0 aliphatic heterocycles. The Morgan fingerprint density at radius 1 is 1.40 bits per heavy atom. The zero-order valence-corrected chi connectivity index (χ0v) is 9.40. The minimum atomic E-state index is -0.657. The van der Waals surface area contributed by atoms with Crippen molar-refractivity contribution >= 4 is 6.08 Å². The Hall–Kier alpha value is -1.12. The summed E-state index contributed by atoms with van der Waals surface area (Å²) in [5.41, 5.74) is 7.00. The van der Waals surface area contributed by atoms with Crippen LogP contribution >= 0.6 is 0 Å². The van der Waals surface area contributed by atoms with Gasteiger partial charge in [0.25, 0.3) is 0 Å². The maximum absolute atomic E-state index is 9.70. The molecule has 0 amide bonds. The molecule has 0 aliphatic rings. The summed E-state index contributed by atoms with van der Waals surface area (Å²) in [6, 6.07) is 8.12. The first kappa shape index (κ1) is 12.0. The SMILES string of the molecule is CC(C)(O)Cc1cccc(/C=C/CN)c1. The zero-order chi connectivity index (χ0) is 11.3. The molecule has 0 bridgehead atoms. The number of hydrogen-bond acceptors (Lipinski definition) is 2. The third kappa shape index (κ3) is 4.77. The fourth-order valence-corrected chi connectivity index (χ4v) is 1.51. The largest absolute Gasteiger partial charge is 0.390 e. The van der Waals surface area contributed by atoms with Gasteiger partial charge in [0.2, 0.25) is 0 Å². The lowest BCUT2D eigenvalue weighted by atomic mass is 9.97. The van der Waals surface area contributed by atoms with E-state index in [2.05, 4.69) is 6.07 Å². The highest BCUT2D eigenvalue weighted by atomic mass is 16.3. The average Bonchev–Trinajstić information content (AvgIpc) is 2.12. The van der Waals surface area contributed by atoms with Gasteiger partial charge in [-0.15, -0.1) is 0 Å². The maximum atomic E-state index is 9.70. The molecule has 1 rings (SSSR count). The summed E-state index contributed by atoms with van der Waals surface area (Å²) in [7, 11) is 0. The van der Waals surface area contributed by atoms with E-state index in [1.54, 1.807) is 0 Å². The Balaban J connectivity index is 2.79. The Morgan fingerprint density at radius 2 is 2.13 bits per heavy atom. The number of aliphatic hydroxyl groups is 1. The van der Waals surface area contributed by atoms with Gasteiger partial charge in [-0.2, -0.15) is 0 Å². The average molecular weight is 205 g/mol. The molecule has 15 heavy (non-hydrogen) atoms. The fourth-order valence-electron chi connectivity index (χ4n) is 1.51. The van der Waals surface area contributed by atoms with Gasteiger partial charge in [-0.05, 0) is 25.0 Å². The second kappa shape index (κ2) is 5.10. The van der Waals surface area contributed by atoms with Crippen LogP contribution in [0.4, 0.5) is 0 Å². The van der Waals surface area contributed by atoms with Crippen LogP contribution in [0.15, 0.2) is 30.3 Å². The van der Waals surface area contributed by atoms with Crippen LogP contribution in [0.3, 0.4) is 0 Å². The second-order valence-corrected chi connectivity index (χ2v) is 4.37. The van der Waals surface area contributed by atoms with Crippen molar-refractivity contribution < 1.29 is 5.11 Å². The quantitative estimate of drug-likeness (QED) is 0.789. The standard InChI is InChI=1S/C13H19NO/c1-13(2,15)10-12-6-3-5-11(9-12)7-4-8-14/h3-7,9,15H,8,10,14H2,1-2H3/b7-4+. The highest BCUT2D eigenvalue weighted by Gasteiger charge is 2.12. The first-order chi connectivity index (χ1) is 7.01. The molecule has 1 aromatic rings. The number of rotatable bonds is 4. The predicted molar refractivity (Wildman–Crippen MR) is 64.5 cm³/mol. The summed E-state index contributed by atoms with van der Waals surface area (Å²) in [5, 5.41) is 9.70. The molecule has 1 aromatic carbocycles. The third-order valence-electron chi connectivity index (χ3n) is 2.03. The van der Waals surface area contributed by atoms with Gasteiger partial charge in [0.1, 0.15) is 0 Å². The predicted octanol–water partition coefficient (Wildman–Crippen LogP) is 1.97. The summed E-state index contributed by atoms with van der Waals surface area (Å²) in [4.78, 5) is 0. The van der Waals surface area contributed by atoms with Gasteiger partial charge >= 0.3 is 0 Å². The van der Waals surface area contributed by atoms with Crippen molar-refractivity contribution in [2.24, 2.45) is 5.73 Å². The van der Waals surface area contributed by atoms with Crippen molar-refractivity contribution in [1.82, 2.24) is 0 Å². The summed E-state index contributed by atoms with van der Waals surface area (Å²) in [6.45, 7) is 4.18. The highest BCUT2D eigenvalue weighted by Crippen LogP contribution is 2.14. The van der Waals surface area contributed by atoms with Gasteiger partial charge in [-0.1, -0.05) is 36.4 Å². The van der Waals surface area contributed by atoms with Crippen LogP contribution < -0.4 is 5.73 Å². The van der Waals surface area contributed by atoms with Gasteiger partial charge in [0, 0.05) is 13.0 Å². The van der Waals surface area contributed by atoms with Crippen LogP contribution in [-0.4, -0.2) is 17.3 Å². The van der Waals surface area contributed by atoms with Crippen molar-refractivity contribution in [2.75, 3.05) is 6.54 Å². The van der Waals surface area contributed by atoms with E-state index < -0.39 is 5.60 Å². The Morgan fingerprint density at radius 3 is 2.73 bits per heavy atom. The van der Waals surface area contributed by atoms with Gasteiger partial charge in [0.05, 0.1) is 5.60 Å². The van der Waals surface area contributed by atoms with Crippen molar-refractivity contribution in [3.63, 3.8) is 0 Å². The molecule has 82 valence electrons. The summed E-state index contributed by atoms with van der Waals surface area (Å²) < 4.78 is 0. The fraction of sp³-hybridized carbons (Fsp3) is 0.385. The topological polar surface area (TPSA) is 46.2 Å². The first-order valence-electron chi connectivity index (χ1n) is 5.19. The van der Waals surface area contributed by atoms with Crippen molar-refractivity contribution in [3.8, 4) is 0 Å². The third-order valence-corrected chi connectivity index (χ3v) is 2.03. The molecule has 3 N–H and O–H groups in total. The molecular formula is C13H19NO. The van der Waals surface area contributed by atoms with Crippen LogP contribution in [0.5, 0.6) is 0 Å². The van der Waals surface area contributed by atoms with Gasteiger partial charge < -0.3 is 10.8 Å². The molecule has 2 nitrogen and oxygen atoms in total. The normalized spacial score (nSPS) is 12.3. The molecule has 0 aromatic heterocycles. The van der Waals surface area contributed by atoms with Crippen molar-refractivity contribution in [3.05, 3.63) is 41.5 Å². The minimum absolute atomic E-state index is 0.551. The van der Waals surface area contributed by atoms with Crippen molar-refractivity contribution in [1.29, 1.82) is 0 Å². The van der Waals surface area contributed by atoms with E-state index in [0.29, 0.717) is 13.0 Å². The molecule has 0 unspecified atom stereocenters. The lowest BCUT2D eigenvalue weighted by molar-refractivity contribution is 0.0810. The Bertz CT molecular complexity index is 337. The highest BCUT2D eigenvalue weighted by molar-refractivity contribution is 5.50. The van der Waals surface area contributed by atoms with E-state index in [0.717, 1.165) is 11.1 Å². The molecule has 0 atom stereocenters. The summed E-state index contributed by atoms with van der Waals surface area (Å²) in [6.07, 6.45) is 4.58. The van der Waals surface area contributed by atoms with Crippen LogP contribution in [0.1, 0.15) is 25.0 Å². The van der Waals surface area contributed by atoms with E-state index in [1.807, 2.05) is 44.2 Å². The van der Waals surface area contributed by atoms with E-state index in [1.165, 1.54) is 0 Å². The molecule has 0 saturated heterocycles. The van der Waals surface area contributed by atoms with Crippen LogP contribution in [0.2, 0.25) is 0 Å². The van der Waals surface area contributed by atoms with E-state index in [4.69, 9.17) is 5.73 Å². The van der Waals surface area contributed by atoms with Gasteiger partial charge in [-0.25, -0.2) is 0 Å². The number of hydrogen-bond donors (Lipinski definition) is 2. The molecule has 0 heterocycles. The lowest BCUT2D eigenvalue weighted by Crippen LogP contribution is -2.21. The number of benzene rings is 1. The van der Waals surface area contributed by atoms with Crippen LogP contribution in [0, 0.1) is 0 Å². The molecule has 0 aliphatic carbocycles. The monoisotopic (exact) mass is 205 g/mol. The van der Waals surface area contributed by atoms with Crippen LogP contribution in [0.25, 0.3) is 6.08 Å². The minimum Gasteiger partial charge on any atom is -0.390 e. The maximum Gasteiger partial charge on any atom is 0.0631 e. The first-order valence-corrected chi connectivity index (χ1v) is 5.19.